The summed E-state index contributed by atoms with van der Waals surface area (Å²) in [5.41, 5.74) is 0.940. The minimum Gasteiger partial charge on any atom is -0.277 e. The number of hydrazone groups is 1. The van der Waals surface area contributed by atoms with E-state index in [0.29, 0.717) is 5.17 Å². The Balaban J connectivity index is 1.76. The second kappa shape index (κ2) is 5.66. The first-order valence-electron chi connectivity index (χ1n) is 6.41. The van der Waals surface area contributed by atoms with Crippen LogP contribution < -0.4 is 0 Å². The third-order valence-corrected chi connectivity index (χ3v) is 7.37. The lowest BCUT2D eigenvalue weighted by molar-refractivity contribution is 0.376. The molecule has 112 valence electrons. The van der Waals surface area contributed by atoms with Crippen molar-refractivity contribution in [2.24, 2.45) is 5.10 Å². The zero-order chi connectivity index (χ0) is 15.0. The van der Waals surface area contributed by atoms with E-state index in [1.165, 1.54) is 16.7 Å². The Morgan fingerprint density at radius 1 is 1.38 bits per heavy atom. The van der Waals surface area contributed by atoms with Crippen LogP contribution in [0.1, 0.15) is 5.56 Å². The molecule has 0 radical (unpaired) electrons. The average molecular weight is 341 g/mol. The fourth-order valence-electron chi connectivity index (χ4n) is 2.44. The van der Waals surface area contributed by atoms with Gasteiger partial charge < -0.3 is 0 Å². The van der Waals surface area contributed by atoms with Gasteiger partial charge in [-0.2, -0.15) is 5.10 Å². The van der Waals surface area contributed by atoms with Crippen LogP contribution in [0.15, 0.2) is 34.3 Å². The lowest BCUT2D eigenvalue weighted by Gasteiger charge is -2.17. The summed E-state index contributed by atoms with van der Waals surface area (Å²) < 4.78 is 23.4. The van der Waals surface area contributed by atoms with E-state index in [1.807, 2.05) is 30.5 Å². The minimum atomic E-state index is -2.99. The number of rotatable bonds is 3. The van der Waals surface area contributed by atoms with Crippen LogP contribution in [0.2, 0.25) is 0 Å². The fraction of sp³-hybridized carbons (Fsp3) is 0.385. The summed E-state index contributed by atoms with van der Waals surface area (Å²) in [5.74, 6) is 0.245. The number of thioether (sulfide) groups is 2. The summed E-state index contributed by atoms with van der Waals surface area (Å²) in [6.07, 6.45) is 3.71. The second-order valence-corrected chi connectivity index (χ2v) is 9.23. The molecule has 1 N–H and O–H groups in total. The highest BCUT2D eigenvalue weighted by Crippen LogP contribution is 2.37. The highest BCUT2D eigenvalue weighted by molar-refractivity contribution is 8.15. The maximum atomic E-state index is 11.7. The SMILES string of the molecule is CSc1ccc(/C=N\N2C(=N)S[C@H]3CS(=O)(=O)C[C@H]32)cc1. The van der Waals surface area contributed by atoms with Crippen LogP contribution >= 0.6 is 23.5 Å². The number of fused-ring (bicyclic) bond motifs is 1. The molecule has 0 unspecified atom stereocenters. The maximum absolute atomic E-state index is 11.7. The molecule has 0 aromatic heterocycles. The number of nitrogens with one attached hydrogen (secondary N) is 1. The maximum Gasteiger partial charge on any atom is 0.177 e. The molecule has 8 heteroatoms. The molecule has 2 fully saturated rings. The molecule has 5 nitrogen and oxygen atoms in total. The van der Waals surface area contributed by atoms with Gasteiger partial charge in [0, 0.05) is 10.1 Å². The highest BCUT2D eigenvalue weighted by atomic mass is 32.2. The van der Waals surface area contributed by atoms with Crippen molar-refractivity contribution in [2.75, 3.05) is 17.8 Å². The Kier molecular flexibility index (Phi) is 4.02. The third-order valence-electron chi connectivity index (χ3n) is 3.50. The van der Waals surface area contributed by atoms with Crippen LogP contribution in [0, 0.1) is 5.41 Å². The number of nitrogens with zero attached hydrogens (tertiary/aromatic N) is 2. The Bertz CT molecular complexity index is 685. The van der Waals surface area contributed by atoms with Crippen LogP contribution in [0.5, 0.6) is 0 Å². The molecule has 2 aliphatic heterocycles. The number of hydrogen-bond donors (Lipinski definition) is 1. The first-order chi connectivity index (χ1) is 9.98. The first-order valence-corrected chi connectivity index (χ1v) is 10.3. The van der Waals surface area contributed by atoms with Gasteiger partial charge in [-0.05, 0) is 24.0 Å². The highest BCUT2D eigenvalue weighted by Gasteiger charge is 2.48. The van der Waals surface area contributed by atoms with Gasteiger partial charge in [0.1, 0.15) is 0 Å². The molecule has 1 aromatic rings. The molecule has 0 aliphatic carbocycles. The molecule has 2 saturated heterocycles. The predicted molar refractivity (Wildman–Crippen MR) is 89.2 cm³/mol. The van der Waals surface area contributed by atoms with Crippen LogP contribution in [-0.2, 0) is 9.84 Å². The molecule has 3 rings (SSSR count). The van der Waals surface area contributed by atoms with Crippen molar-refractivity contribution in [1.29, 1.82) is 5.41 Å². The van der Waals surface area contributed by atoms with Gasteiger partial charge in [-0.1, -0.05) is 23.9 Å². The molecule has 0 amide bonds. The monoisotopic (exact) mass is 341 g/mol. The zero-order valence-electron chi connectivity index (χ0n) is 11.4. The van der Waals surface area contributed by atoms with Crippen molar-refractivity contribution in [3.63, 3.8) is 0 Å². The number of sulfone groups is 1. The molecule has 0 bridgehead atoms. The quantitative estimate of drug-likeness (QED) is 0.671. The second-order valence-electron chi connectivity index (χ2n) is 4.97. The third kappa shape index (κ3) is 3.12. The lowest BCUT2D eigenvalue weighted by Crippen LogP contribution is -2.32. The summed E-state index contributed by atoms with van der Waals surface area (Å²) in [6, 6.07) is 7.75. The predicted octanol–water partition coefficient (Wildman–Crippen LogP) is 1.89. The lowest BCUT2D eigenvalue weighted by atomic mass is 10.2. The van der Waals surface area contributed by atoms with E-state index in [1.54, 1.807) is 23.0 Å². The van der Waals surface area contributed by atoms with E-state index in [-0.39, 0.29) is 22.8 Å². The van der Waals surface area contributed by atoms with Gasteiger partial charge in [0.2, 0.25) is 0 Å². The molecular formula is C13H15N3O2S3. The normalized spacial score (nSPS) is 27.5. The molecule has 2 heterocycles. The summed E-state index contributed by atoms with van der Waals surface area (Å²) in [7, 11) is -2.99. The van der Waals surface area contributed by atoms with E-state index in [4.69, 9.17) is 5.41 Å². The molecule has 2 atom stereocenters. The van der Waals surface area contributed by atoms with E-state index in [2.05, 4.69) is 5.10 Å². The molecule has 1 aromatic carbocycles. The van der Waals surface area contributed by atoms with E-state index in [0.717, 1.165) is 5.56 Å². The Labute approximate surface area is 132 Å². The van der Waals surface area contributed by atoms with E-state index in [9.17, 15) is 8.42 Å². The summed E-state index contributed by atoms with van der Waals surface area (Å²) in [6.45, 7) is 0. The van der Waals surface area contributed by atoms with Gasteiger partial charge in [-0.3, -0.25) is 5.41 Å². The van der Waals surface area contributed by atoms with Crippen LogP contribution in [0.4, 0.5) is 0 Å². The van der Waals surface area contributed by atoms with Crippen molar-refractivity contribution in [1.82, 2.24) is 5.01 Å². The van der Waals surface area contributed by atoms with Gasteiger partial charge in [0.25, 0.3) is 0 Å². The van der Waals surface area contributed by atoms with Crippen LogP contribution in [0.3, 0.4) is 0 Å². The molecule has 0 saturated carbocycles. The standard InChI is InChI=1S/C13H15N3O2S3/c1-19-10-4-2-9(3-5-10)6-15-16-11-7-21(17,18)8-12(11)20-13(16)14/h2-6,11-12,14H,7-8H2,1H3/b14-13?,15-6-/t11-,12+/m1/s1. The Hall–Kier alpha value is -0.990. The van der Waals surface area contributed by atoms with E-state index >= 15 is 0 Å². The first kappa shape index (κ1) is 14.9. The van der Waals surface area contributed by atoms with Crippen molar-refractivity contribution in [2.45, 2.75) is 16.2 Å². The van der Waals surface area contributed by atoms with Crippen LogP contribution in [-0.4, -0.2) is 53.9 Å². The van der Waals surface area contributed by atoms with Crippen molar-refractivity contribution in [3.05, 3.63) is 29.8 Å². The molecular weight excluding hydrogens is 326 g/mol. The topological polar surface area (TPSA) is 73.6 Å². The number of hydrogen-bond acceptors (Lipinski definition) is 6. The number of amidine groups is 1. The zero-order valence-corrected chi connectivity index (χ0v) is 13.8. The van der Waals surface area contributed by atoms with Crippen molar-refractivity contribution < 1.29 is 8.42 Å². The van der Waals surface area contributed by atoms with Gasteiger partial charge >= 0.3 is 0 Å². The largest absolute Gasteiger partial charge is 0.277 e. The van der Waals surface area contributed by atoms with Crippen molar-refractivity contribution >= 4 is 44.7 Å². The summed E-state index contributed by atoms with van der Waals surface area (Å²) in [4.78, 5) is 1.18. The van der Waals surface area contributed by atoms with Gasteiger partial charge in [0.05, 0.1) is 23.8 Å². The number of benzene rings is 1. The minimum absolute atomic E-state index is 0.0569. The van der Waals surface area contributed by atoms with Gasteiger partial charge in [0.15, 0.2) is 15.0 Å². The molecule has 2 aliphatic rings. The molecule has 0 spiro atoms. The Morgan fingerprint density at radius 2 is 2.10 bits per heavy atom. The van der Waals surface area contributed by atoms with Crippen LogP contribution in [0.25, 0.3) is 0 Å². The van der Waals surface area contributed by atoms with E-state index < -0.39 is 9.84 Å². The Morgan fingerprint density at radius 3 is 2.76 bits per heavy atom. The molecule has 21 heavy (non-hydrogen) atoms. The van der Waals surface area contributed by atoms with Gasteiger partial charge in [-0.25, -0.2) is 13.4 Å². The summed E-state index contributed by atoms with van der Waals surface area (Å²) >= 11 is 2.98. The van der Waals surface area contributed by atoms with Crippen molar-refractivity contribution in [3.8, 4) is 0 Å². The average Bonchev–Trinajstić information content (AvgIpc) is 2.88. The summed E-state index contributed by atoms with van der Waals surface area (Å²) in [5, 5.41) is 14.1. The smallest absolute Gasteiger partial charge is 0.177 e. The van der Waals surface area contributed by atoms with Gasteiger partial charge in [-0.15, -0.1) is 11.8 Å². The fourth-order valence-corrected chi connectivity index (χ4v) is 6.57.